The van der Waals surface area contributed by atoms with Crippen LogP contribution in [-0.4, -0.2) is 30.3 Å². The van der Waals surface area contributed by atoms with Crippen LogP contribution in [0, 0.1) is 5.92 Å². The lowest BCUT2D eigenvalue weighted by Crippen LogP contribution is -2.31. The molecule has 0 radical (unpaired) electrons. The van der Waals surface area contributed by atoms with Crippen molar-refractivity contribution in [1.29, 1.82) is 0 Å². The summed E-state index contributed by atoms with van der Waals surface area (Å²) in [6.45, 7) is 3.36. The van der Waals surface area contributed by atoms with Crippen molar-refractivity contribution in [3.63, 3.8) is 0 Å². The van der Waals surface area contributed by atoms with Crippen molar-refractivity contribution in [2.24, 2.45) is 11.7 Å². The van der Waals surface area contributed by atoms with Gasteiger partial charge in [0.05, 0.1) is 0 Å². The molecule has 2 nitrogen and oxygen atoms in total. The number of nitrogens with two attached hydrogens (primary N) is 1. The summed E-state index contributed by atoms with van der Waals surface area (Å²) in [5.74, 6) is 1.62. The number of nitrogens with zero attached hydrogens (tertiary/aromatic N) is 1. The Morgan fingerprint density at radius 3 is 2.87 bits per heavy atom. The minimum Gasteiger partial charge on any atom is -0.327 e. The lowest BCUT2D eigenvalue weighted by molar-refractivity contribution is 0.249. The van der Waals surface area contributed by atoms with E-state index < -0.39 is 0 Å². The zero-order chi connectivity index (χ0) is 10.7. The van der Waals surface area contributed by atoms with Crippen molar-refractivity contribution in [1.82, 2.24) is 4.90 Å². The molecule has 0 bridgehead atoms. The summed E-state index contributed by atoms with van der Waals surface area (Å²) in [6.07, 6.45) is 8.95. The van der Waals surface area contributed by atoms with E-state index in [9.17, 15) is 0 Å². The third kappa shape index (κ3) is 3.03. The van der Waals surface area contributed by atoms with Gasteiger partial charge in [0.15, 0.2) is 0 Å². The van der Waals surface area contributed by atoms with Crippen LogP contribution in [0.15, 0.2) is 11.6 Å². The van der Waals surface area contributed by atoms with Gasteiger partial charge in [-0.3, -0.25) is 4.90 Å². The number of hydrogen-bond donors (Lipinski definition) is 1. The molecule has 0 aromatic carbocycles. The van der Waals surface area contributed by atoms with Crippen LogP contribution in [0.1, 0.15) is 32.1 Å². The van der Waals surface area contributed by atoms with Crippen LogP contribution in [0.25, 0.3) is 0 Å². The topological polar surface area (TPSA) is 29.3 Å². The molecule has 15 heavy (non-hydrogen) atoms. The Kier molecular flexibility index (Phi) is 4.19. The SMILES string of the molecule is NCC1=CCC(CN2CCC[C@@H]2P)CC1. The van der Waals surface area contributed by atoms with Gasteiger partial charge in [0.2, 0.25) is 0 Å². The van der Waals surface area contributed by atoms with E-state index in [1.54, 1.807) is 0 Å². The van der Waals surface area contributed by atoms with Crippen molar-refractivity contribution in [3.8, 4) is 0 Å². The molecule has 2 unspecified atom stereocenters. The Balaban J connectivity index is 1.79. The van der Waals surface area contributed by atoms with Crippen LogP contribution in [-0.2, 0) is 0 Å². The number of allylic oxidation sites excluding steroid dienone is 1. The summed E-state index contributed by atoms with van der Waals surface area (Å²) in [7, 11) is 2.98. The van der Waals surface area contributed by atoms with Crippen LogP contribution < -0.4 is 5.73 Å². The zero-order valence-corrected chi connectivity index (χ0v) is 10.6. The fraction of sp³-hybridized carbons (Fsp3) is 0.833. The summed E-state index contributed by atoms with van der Waals surface area (Å²) in [5.41, 5.74) is 7.12. The van der Waals surface area contributed by atoms with E-state index >= 15 is 0 Å². The maximum absolute atomic E-state index is 5.65. The van der Waals surface area contributed by atoms with E-state index in [4.69, 9.17) is 5.73 Å². The van der Waals surface area contributed by atoms with Gasteiger partial charge in [0, 0.05) is 18.9 Å². The lowest BCUT2D eigenvalue weighted by Gasteiger charge is -2.28. The molecule has 3 heteroatoms. The molecule has 0 aromatic rings. The molecule has 0 amide bonds. The molecule has 2 N–H and O–H groups in total. The Morgan fingerprint density at radius 2 is 2.33 bits per heavy atom. The van der Waals surface area contributed by atoms with Crippen molar-refractivity contribution in [2.45, 2.75) is 37.9 Å². The van der Waals surface area contributed by atoms with E-state index in [-0.39, 0.29) is 0 Å². The average molecular weight is 226 g/mol. The Morgan fingerprint density at radius 1 is 1.47 bits per heavy atom. The number of likely N-dealkylation sites (tertiary alicyclic amines) is 1. The second-order valence-corrected chi connectivity index (χ2v) is 5.68. The summed E-state index contributed by atoms with van der Waals surface area (Å²) in [5, 5.41) is 0. The highest BCUT2D eigenvalue weighted by Crippen LogP contribution is 2.28. The normalized spacial score (nSPS) is 33.1. The van der Waals surface area contributed by atoms with Crippen LogP contribution in [0.4, 0.5) is 0 Å². The van der Waals surface area contributed by atoms with Gasteiger partial charge in [-0.05, 0) is 44.6 Å². The van der Waals surface area contributed by atoms with Gasteiger partial charge >= 0.3 is 0 Å². The molecule has 0 aromatic heterocycles. The van der Waals surface area contributed by atoms with Crippen LogP contribution in [0.3, 0.4) is 0 Å². The number of hydrogen-bond acceptors (Lipinski definition) is 2. The lowest BCUT2D eigenvalue weighted by atomic mass is 9.89. The first-order chi connectivity index (χ1) is 7.29. The third-order valence-electron chi connectivity index (χ3n) is 3.78. The second kappa shape index (κ2) is 5.43. The van der Waals surface area contributed by atoms with Crippen molar-refractivity contribution >= 4 is 9.24 Å². The average Bonchev–Trinajstić information content (AvgIpc) is 2.66. The molecule has 1 fully saturated rings. The summed E-state index contributed by atoms with van der Waals surface area (Å²) in [4.78, 5) is 2.64. The van der Waals surface area contributed by atoms with E-state index in [0.717, 1.165) is 18.2 Å². The zero-order valence-electron chi connectivity index (χ0n) is 9.49. The first-order valence-electron chi connectivity index (χ1n) is 6.17. The first kappa shape index (κ1) is 11.6. The molecule has 86 valence electrons. The van der Waals surface area contributed by atoms with Gasteiger partial charge in [0.25, 0.3) is 0 Å². The van der Waals surface area contributed by atoms with E-state index in [0.29, 0.717) is 0 Å². The van der Waals surface area contributed by atoms with Crippen molar-refractivity contribution in [3.05, 3.63) is 11.6 Å². The first-order valence-corrected chi connectivity index (χ1v) is 6.84. The summed E-state index contributed by atoms with van der Waals surface area (Å²) < 4.78 is 0. The minimum absolute atomic E-state index is 0.741. The molecule has 2 aliphatic rings. The van der Waals surface area contributed by atoms with Gasteiger partial charge in [-0.15, -0.1) is 9.24 Å². The summed E-state index contributed by atoms with van der Waals surface area (Å²) >= 11 is 0. The van der Waals surface area contributed by atoms with Crippen molar-refractivity contribution in [2.75, 3.05) is 19.6 Å². The largest absolute Gasteiger partial charge is 0.327 e. The van der Waals surface area contributed by atoms with Crippen LogP contribution >= 0.6 is 9.24 Å². The fourth-order valence-electron chi connectivity index (χ4n) is 2.70. The van der Waals surface area contributed by atoms with Gasteiger partial charge in [-0.2, -0.15) is 0 Å². The highest BCUT2D eigenvalue weighted by atomic mass is 31.0. The molecule has 1 heterocycles. The van der Waals surface area contributed by atoms with E-state index in [2.05, 4.69) is 20.2 Å². The Bertz CT molecular complexity index is 240. The maximum Gasteiger partial charge on any atom is 0.0240 e. The van der Waals surface area contributed by atoms with Gasteiger partial charge in [-0.1, -0.05) is 11.6 Å². The summed E-state index contributed by atoms with van der Waals surface area (Å²) in [6, 6.07) is 0. The standard InChI is InChI=1S/C12H23N2P/c13-8-10-3-5-11(6-4-10)9-14-7-1-2-12(14)15/h3,11-12H,1-2,4-9,13,15H2/t11?,12-/m0/s1. The van der Waals surface area contributed by atoms with Gasteiger partial charge in [-0.25, -0.2) is 0 Å². The third-order valence-corrected chi connectivity index (χ3v) is 4.54. The molecule has 1 aliphatic carbocycles. The molecule has 0 spiro atoms. The van der Waals surface area contributed by atoms with Gasteiger partial charge < -0.3 is 5.73 Å². The fourth-order valence-corrected chi connectivity index (χ4v) is 3.21. The molecule has 0 saturated carbocycles. The van der Waals surface area contributed by atoms with Crippen molar-refractivity contribution < 1.29 is 0 Å². The van der Waals surface area contributed by atoms with E-state index in [1.807, 2.05) is 0 Å². The number of rotatable bonds is 3. The Hall–Kier alpha value is 0.0900. The minimum atomic E-state index is 0.741. The smallest absolute Gasteiger partial charge is 0.0240 e. The molecular weight excluding hydrogens is 203 g/mol. The second-order valence-electron chi connectivity index (χ2n) is 4.91. The predicted molar refractivity (Wildman–Crippen MR) is 68.8 cm³/mol. The highest BCUT2D eigenvalue weighted by Gasteiger charge is 2.24. The molecule has 2 rings (SSSR count). The molecule has 3 atom stereocenters. The Labute approximate surface area is 95.5 Å². The molecule has 1 saturated heterocycles. The van der Waals surface area contributed by atoms with Gasteiger partial charge in [0.1, 0.15) is 0 Å². The highest BCUT2D eigenvalue weighted by molar-refractivity contribution is 7.17. The predicted octanol–water partition coefficient (Wildman–Crippen LogP) is 1.97. The van der Waals surface area contributed by atoms with Crippen LogP contribution in [0.2, 0.25) is 0 Å². The molecule has 1 aliphatic heterocycles. The monoisotopic (exact) mass is 226 g/mol. The maximum atomic E-state index is 5.65. The van der Waals surface area contributed by atoms with Crippen LogP contribution in [0.5, 0.6) is 0 Å². The van der Waals surface area contributed by atoms with E-state index in [1.165, 1.54) is 50.8 Å². The molecular formula is C12H23N2P. The quantitative estimate of drug-likeness (QED) is 0.589.